The van der Waals surface area contributed by atoms with Crippen molar-refractivity contribution in [2.75, 3.05) is 0 Å². The van der Waals surface area contributed by atoms with Gasteiger partial charge in [0.05, 0.1) is 0 Å². The van der Waals surface area contributed by atoms with E-state index in [1.807, 2.05) is 0 Å². The predicted molar refractivity (Wildman–Crippen MR) is 89.3 cm³/mol. The smallest absolute Gasteiger partial charge is 0.217 e. The molecule has 0 fully saturated rings. The highest BCUT2D eigenvalue weighted by Gasteiger charge is 2.27. The van der Waals surface area contributed by atoms with Gasteiger partial charge < -0.3 is 11.5 Å². The molecule has 0 heterocycles. The molecule has 0 aromatic heterocycles. The van der Waals surface area contributed by atoms with Crippen molar-refractivity contribution in [2.24, 2.45) is 16.9 Å². The zero-order valence-corrected chi connectivity index (χ0v) is 14.6. The van der Waals surface area contributed by atoms with E-state index in [-0.39, 0.29) is 17.4 Å². The number of hydrogen-bond donors (Lipinski definition) is 2. The largest absolute Gasteiger partial charge is 0.370 e. The van der Waals surface area contributed by atoms with Gasteiger partial charge in [-0.1, -0.05) is 13.8 Å². The molecule has 0 saturated heterocycles. The zero-order valence-electron chi connectivity index (χ0n) is 14.6. The molecule has 3 heteroatoms. The minimum atomic E-state index is -0.267. The number of carbonyl (C=O) groups is 1. The number of benzene rings is 1. The molecule has 21 heavy (non-hydrogen) atoms. The molecular formula is C18H30N2O. The van der Waals surface area contributed by atoms with Gasteiger partial charge in [-0.15, -0.1) is 0 Å². The third-order valence-corrected chi connectivity index (χ3v) is 4.85. The van der Waals surface area contributed by atoms with Crippen LogP contribution in [0.25, 0.3) is 0 Å². The molecule has 1 unspecified atom stereocenters. The summed E-state index contributed by atoms with van der Waals surface area (Å²) in [6.07, 6.45) is 1.11. The van der Waals surface area contributed by atoms with Crippen molar-refractivity contribution in [3.8, 4) is 0 Å². The number of amides is 1. The van der Waals surface area contributed by atoms with Gasteiger partial charge in [-0.3, -0.25) is 4.79 Å². The van der Waals surface area contributed by atoms with E-state index in [9.17, 15) is 4.79 Å². The molecule has 0 saturated carbocycles. The van der Waals surface area contributed by atoms with Crippen molar-refractivity contribution < 1.29 is 4.79 Å². The fourth-order valence-electron chi connectivity index (χ4n) is 3.33. The molecule has 0 bridgehead atoms. The summed E-state index contributed by atoms with van der Waals surface area (Å²) in [5.41, 5.74) is 19.4. The lowest BCUT2D eigenvalue weighted by Gasteiger charge is -2.30. The zero-order chi connectivity index (χ0) is 16.5. The lowest BCUT2D eigenvalue weighted by Crippen LogP contribution is -2.28. The highest BCUT2D eigenvalue weighted by Crippen LogP contribution is 2.36. The van der Waals surface area contributed by atoms with Crippen LogP contribution in [0.2, 0.25) is 0 Å². The van der Waals surface area contributed by atoms with Crippen LogP contribution in [0.3, 0.4) is 0 Å². The summed E-state index contributed by atoms with van der Waals surface area (Å²) in [6, 6.07) is -0.0719. The summed E-state index contributed by atoms with van der Waals surface area (Å²) in [6.45, 7) is 14.9. The molecular weight excluding hydrogens is 260 g/mol. The van der Waals surface area contributed by atoms with Crippen molar-refractivity contribution in [3.63, 3.8) is 0 Å². The molecule has 3 nitrogen and oxygen atoms in total. The topological polar surface area (TPSA) is 69.1 Å². The van der Waals surface area contributed by atoms with Gasteiger partial charge >= 0.3 is 0 Å². The lowest BCUT2D eigenvalue weighted by atomic mass is 9.77. The third-order valence-electron chi connectivity index (χ3n) is 4.85. The van der Waals surface area contributed by atoms with Crippen LogP contribution in [0.1, 0.15) is 66.1 Å². The van der Waals surface area contributed by atoms with Crippen LogP contribution >= 0.6 is 0 Å². The maximum absolute atomic E-state index is 11.2. The van der Waals surface area contributed by atoms with Crippen LogP contribution in [0.5, 0.6) is 0 Å². The van der Waals surface area contributed by atoms with Gasteiger partial charge in [-0.2, -0.15) is 0 Å². The first kappa shape index (κ1) is 17.7. The molecule has 0 aliphatic heterocycles. The Hall–Kier alpha value is -1.35. The molecule has 1 aromatic carbocycles. The van der Waals surface area contributed by atoms with Crippen molar-refractivity contribution in [1.82, 2.24) is 0 Å². The van der Waals surface area contributed by atoms with E-state index in [2.05, 4.69) is 48.5 Å². The van der Waals surface area contributed by atoms with Crippen LogP contribution in [-0.2, 0) is 4.79 Å². The number of primary amides is 1. The van der Waals surface area contributed by atoms with E-state index in [0.29, 0.717) is 6.42 Å². The maximum atomic E-state index is 11.2. The lowest BCUT2D eigenvalue weighted by molar-refractivity contribution is -0.120. The van der Waals surface area contributed by atoms with E-state index in [1.165, 1.54) is 33.4 Å². The first-order valence-corrected chi connectivity index (χ1v) is 7.58. The molecule has 4 N–H and O–H groups in total. The van der Waals surface area contributed by atoms with Gasteiger partial charge in [-0.25, -0.2) is 0 Å². The average Bonchev–Trinajstić information content (AvgIpc) is 2.31. The Morgan fingerprint density at radius 2 is 1.33 bits per heavy atom. The van der Waals surface area contributed by atoms with Crippen molar-refractivity contribution in [2.45, 2.75) is 67.3 Å². The normalized spacial score (nSPS) is 13.3. The summed E-state index contributed by atoms with van der Waals surface area (Å²) < 4.78 is 0. The van der Waals surface area contributed by atoms with Crippen LogP contribution in [-0.4, -0.2) is 5.91 Å². The first-order valence-electron chi connectivity index (χ1n) is 7.58. The average molecular weight is 290 g/mol. The van der Waals surface area contributed by atoms with Crippen LogP contribution in [0, 0.1) is 40.0 Å². The Morgan fingerprint density at radius 3 is 1.71 bits per heavy atom. The molecule has 0 radical (unpaired) electrons. The highest BCUT2D eigenvalue weighted by atomic mass is 16.1. The fraction of sp³-hybridized carbons (Fsp3) is 0.611. The van der Waals surface area contributed by atoms with Gasteiger partial charge in [-0.05, 0) is 79.8 Å². The van der Waals surface area contributed by atoms with Gasteiger partial charge in [0.1, 0.15) is 0 Å². The second-order valence-electron chi connectivity index (χ2n) is 7.16. The molecule has 1 rings (SSSR count). The minimum Gasteiger partial charge on any atom is -0.370 e. The van der Waals surface area contributed by atoms with E-state index in [0.717, 1.165) is 6.42 Å². The van der Waals surface area contributed by atoms with E-state index in [1.54, 1.807) is 0 Å². The first-order chi connectivity index (χ1) is 9.48. The molecule has 118 valence electrons. The van der Waals surface area contributed by atoms with Crippen molar-refractivity contribution in [1.29, 1.82) is 0 Å². The van der Waals surface area contributed by atoms with Crippen LogP contribution in [0.4, 0.5) is 0 Å². The molecule has 0 aliphatic rings. The summed E-state index contributed by atoms with van der Waals surface area (Å²) in [5, 5.41) is 0. The Labute approximate surface area is 129 Å². The Balaban J connectivity index is 3.20. The van der Waals surface area contributed by atoms with E-state index < -0.39 is 0 Å². The number of carbonyl (C=O) groups excluding carboxylic acids is 1. The quantitative estimate of drug-likeness (QED) is 0.871. The Kier molecular flexibility index (Phi) is 5.21. The third kappa shape index (κ3) is 3.85. The van der Waals surface area contributed by atoms with Crippen molar-refractivity contribution >= 4 is 5.91 Å². The maximum Gasteiger partial charge on any atom is 0.217 e. The summed E-state index contributed by atoms with van der Waals surface area (Å²) in [4.78, 5) is 11.2. The summed E-state index contributed by atoms with van der Waals surface area (Å²) >= 11 is 0. The fourth-order valence-corrected chi connectivity index (χ4v) is 3.33. The van der Waals surface area contributed by atoms with Crippen LogP contribution < -0.4 is 11.5 Å². The van der Waals surface area contributed by atoms with E-state index in [4.69, 9.17) is 11.5 Å². The van der Waals surface area contributed by atoms with Gasteiger partial charge in [0.15, 0.2) is 0 Å². The number of hydrogen-bond acceptors (Lipinski definition) is 2. The highest BCUT2D eigenvalue weighted by molar-refractivity contribution is 5.74. The second-order valence-corrected chi connectivity index (χ2v) is 7.16. The van der Waals surface area contributed by atoms with Gasteiger partial charge in [0, 0.05) is 12.5 Å². The monoisotopic (exact) mass is 290 g/mol. The summed E-state index contributed by atoms with van der Waals surface area (Å²) in [7, 11) is 0. The molecule has 0 aliphatic carbocycles. The molecule has 1 aromatic rings. The molecule has 1 amide bonds. The molecule has 0 spiro atoms. The van der Waals surface area contributed by atoms with E-state index >= 15 is 0 Å². The number of rotatable bonds is 5. The van der Waals surface area contributed by atoms with Gasteiger partial charge in [0.2, 0.25) is 5.91 Å². The number of nitrogens with two attached hydrogens (primary N) is 2. The Bertz CT molecular complexity index is 530. The van der Waals surface area contributed by atoms with Crippen molar-refractivity contribution in [3.05, 3.63) is 33.4 Å². The second kappa shape index (κ2) is 6.18. The van der Waals surface area contributed by atoms with Gasteiger partial charge in [0.25, 0.3) is 0 Å². The summed E-state index contributed by atoms with van der Waals surface area (Å²) in [5.74, 6) is -0.267. The predicted octanol–water partition coefficient (Wildman–Crippen LogP) is 3.52. The standard InChI is InChI=1S/C18H30N2O/c1-10-11(2)13(4)17(14(5)12(10)3)15(19)8-18(6,7)9-16(20)21/h15H,8-9,19H2,1-7H3,(H2,20,21). The Morgan fingerprint density at radius 1 is 0.952 bits per heavy atom. The SMILES string of the molecule is Cc1c(C)c(C)c(C(N)CC(C)(C)CC(N)=O)c(C)c1C. The molecule has 1 atom stereocenters. The minimum absolute atomic E-state index is 0.0719. The van der Waals surface area contributed by atoms with Crippen LogP contribution in [0.15, 0.2) is 0 Å².